The fourth-order valence-electron chi connectivity index (χ4n) is 3.54. The molecule has 0 aromatic carbocycles. The Morgan fingerprint density at radius 3 is 2.24 bits per heavy atom. The summed E-state index contributed by atoms with van der Waals surface area (Å²) < 4.78 is 3.05. The second-order valence-electron chi connectivity index (χ2n) is 5.28. The van der Waals surface area contributed by atoms with Gasteiger partial charge in [0.05, 0.1) is 22.4 Å². The second-order valence-corrected chi connectivity index (χ2v) is 6.13. The van der Waals surface area contributed by atoms with E-state index in [1.165, 1.54) is 0 Å². The molecule has 0 radical (unpaired) electrons. The third-order valence-electron chi connectivity index (χ3n) is 4.73. The van der Waals surface area contributed by atoms with Crippen molar-refractivity contribution in [3.05, 3.63) is 16.4 Å². The molecule has 1 heterocycles. The zero-order chi connectivity index (χ0) is 16.0. The van der Waals surface area contributed by atoms with Gasteiger partial charge in [0.2, 0.25) is 0 Å². The van der Waals surface area contributed by atoms with Crippen molar-refractivity contribution in [2.24, 2.45) is 5.84 Å². The average Bonchev–Trinajstić information content (AvgIpc) is 2.88. The van der Waals surface area contributed by atoms with Gasteiger partial charge in [0.1, 0.15) is 0 Å². The average molecular weight is 360 g/mol. The molecular weight excluding hydrogens is 330 g/mol. The van der Waals surface area contributed by atoms with Crippen LogP contribution in [0.25, 0.3) is 0 Å². The number of hydrogen-bond donors (Lipinski definition) is 2. The Morgan fingerprint density at radius 2 is 1.86 bits per heavy atom. The van der Waals surface area contributed by atoms with Crippen LogP contribution in [0.5, 0.6) is 0 Å². The molecular formula is C15H30BrN5. The Hall–Kier alpha value is -0.430. The minimum atomic E-state index is -0.0201. The van der Waals surface area contributed by atoms with Gasteiger partial charge in [-0.1, -0.05) is 27.7 Å². The van der Waals surface area contributed by atoms with Gasteiger partial charge in [-0.05, 0) is 48.8 Å². The lowest BCUT2D eigenvalue weighted by Crippen LogP contribution is -2.57. The Kier molecular flexibility index (Phi) is 7.33. The minimum Gasteiger partial charge on any atom is -0.296 e. The van der Waals surface area contributed by atoms with Crippen molar-refractivity contribution in [2.45, 2.75) is 65.6 Å². The zero-order valence-electron chi connectivity index (χ0n) is 14.0. The van der Waals surface area contributed by atoms with Crippen LogP contribution in [-0.2, 0) is 6.54 Å². The molecule has 3 N–H and O–H groups in total. The molecule has 21 heavy (non-hydrogen) atoms. The van der Waals surface area contributed by atoms with E-state index in [4.69, 9.17) is 5.84 Å². The first-order chi connectivity index (χ1) is 10.1. The SMILES string of the molecule is CCN(CC)C(CC)(CC)C(NN)c1c(Br)cnn1CC. The van der Waals surface area contributed by atoms with Crippen LogP contribution in [0, 0.1) is 0 Å². The molecule has 5 nitrogen and oxygen atoms in total. The molecule has 6 heteroatoms. The first-order valence-corrected chi connectivity index (χ1v) is 8.77. The minimum absolute atomic E-state index is 0.0201. The largest absolute Gasteiger partial charge is 0.296 e. The second kappa shape index (κ2) is 8.27. The summed E-state index contributed by atoms with van der Waals surface area (Å²) in [4.78, 5) is 2.51. The van der Waals surface area contributed by atoms with E-state index in [-0.39, 0.29) is 11.6 Å². The van der Waals surface area contributed by atoms with Crippen molar-refractivity contribution < 1.29 is 0 Å². The highest BCUT2D eigenvalue weighted by Gasteiger charge is 2.42. The maximum atomic E-state index is 6.00. The van der Waals surface area contributed by atoms with Crippen LogP contribution in [-0.4, -0.2) is 33.3 Å². The highest BCUT2D eigenvalue weighted by atomic mass is 79.9. The van der Waals surface area contributed by atoms with E-state index in [0.29, 0.717) is 0 Å². The van der Waals surface area contributed by atoms with Crippen LogP contribution in [0.4, 0.5) is 0 Å². The number of halogens is 1. The fraction of sp³-hybridized carbons (Fsp3) is 0.800. The van der Waals surface area contributed by atoms with Crippen molar-refractivity contribution >= 4 is 15.9 Å². The molecule has 122 valence electrons. The number of aromatic nitrogens is 2. The van der Waals surface area contributed by atoms with Gasteiger partial charge in [-0.2, -0.15) is 5.10 Å². The summed E-state index contributed by atoms with van der Waals surface area (Å²) in [5.41, 5.74) is 4.19. The summed E-state index contributed by atoms with van der Waals surface area (Å²) >= 11 is 3.65. The van der Waals surface area contributed by atoms with Crippen molar-refractivity contribution in [1.29, 1.82) is 0 Å². The van der Waals surface area contributed by atoms with Gasteiger partial charge in [0.25, 0.3) is 0 Å². The fourth-order valence-corrected chi connectivity index (χ4v) is 4.07. The molecule has 0 amide bonds. The van der Waals surface area contributed by atoms with Crippen molar-refractivity contribution in [3.8, 4) is 0 Å². The molecule has 0 aliphatic rings. The Labute approximate surface area is 137 Å². The van der Waals surface area contributed by atoms with Crippen LogP contribution in [0.2, 0.25) is 0 Å². The van der Waals surface area contributed by atoms with Crippen LogP contribution < -0.4 is 11.3 Å². The van der Waals surface area contributed by atoms with E-state index >= 15 is 0 Å². The molecule has 0 saturated carbocycles. The van der Waals surface area contributed by atoms with E-state index < -0.39 is 0 Å². The molecule has 0 aliphatic heterocycles. The maximum absolute atomic E-state index is 6.00. The predicted octanol–water partition coefficient (Wildman–Crippen LogP) is 3.07. The number of rotatable bonds is 9. The molecule has 0 saturated heterocycles. The Balaban J connectivity index is 3.40. The Morgan fingerprint density at radius 1 is 1.29 bits per heavy atom. The molecule has 1 aromatic heterocycles. The number of likely N-dealkylation sites (N-methyl/N-ethyl adjacent to an activating group) is 1. The summed E-state index contributed by atoms with van der Waals surface area (Å²) in [6.07, 6.45) is 3.92. The van der Waals surface area contributed by atoms with Crippen molar-refractivity contribution in [2.75, 3.05) is 13.1 Å². The number of hydrazine groups is 1. The van der Waals surface area contributed by atoms with E-state index in [1.807, 2.05) is 10.9 Å². The van der Waals surface area contributed by atoms with Crippen LogP contribution in [0.3, 0.4) is 0 Å². The van der Waals surface area contributed by atoms with E-state index in [1.54, 1.807) is 0 Å². The molecule has 0 spiro atoms. The summed E-state index contributed by atoms with van der Waals surface area (Å²) in [6.45, 7) is 13.9. The molecule has 1 rings (SSSR count). The van der Waals surface area contributed by atoms with Gasteiger partial charge >= 0.3 is 0 Å². The van der Waals surface area contributed by atoms with E-state index in [0.717, 1.165) is 42.6 Å². The summed E-state index contributed by atoms with van der Waals surface area (Å²) in [5.74, 6) is 6.00. The number of nitrogens with two attached hydrogens (primary N) is 1. The lowest BCUT2D eigenvalue weighted by Gasteiger charge is -2.47. The van der Waals surface area contributed by atoms with Gasteiger partial charge in [0.15, 0.2) is 0 Å². The van der Waals surface area contributed by atoms with Crippen LogP contribution in [0.1, 0.15) is 59.2 Å². The standard InChI is InChI=1S/C15H30BrN5/c1-6-15(7-2,20(8-3)9-4)14(19-17)13-12(16)11-18-21(13)10-5/h11,14,19H,6-10,17H2,1-5H3. The van der Waals surface area contributed by atoms with Gasteiger partial charge in [-0.25, -0.2) is 5.43 Å². The number of aryl methyl sites for hydroxylation is 1. The normalized spacial score (nSPS) is 13.9. The molecule has 1 atom stereocenters. The first kappa shape index (κ1) is 18.6. The number of nitrogens with one attached hydrogen (secondary N) is 1. The highest BCUT2D eigenvalue weighted by molar-refractivity contribution is 9.10. The first-order valence-electron chi connectivity index (χ1n) is 7.98. The number of nitrogens with zero attached hydrogens (tertiary/aromatic N) is 3. The van der Waals surface area contributed by atoms with Gasteiger partial charge < -0.3 is 0 Å². The third kappa shape index (κ3) is 3.33. The van der Waals surface area contributed by atoms with E-state index in [2.05, 4.69) is 66.0 Å². The van der Waals surface area contributed by atoms with Crippen LogP contribution >= 0.6 is 15.9 Å². The van der Waals surface area contributed by atoms with E-state index in [9.17, 15) is 0 Å². The molecule has 1 unspecified atom stereocenters. The van der Waals surface area contributed by atoms with Gasteiger partial charge in [-0.15, -0.1) is 0 Å². The third-order valence-corrected chi connectivity index (χ3v) is 5.34. The molecule has 1 aromatic rings. The lowest BCUT2D eigenvalue weighted by molar-refractivity contribution is 0.0453. The Bertz CT molecular complexity index is 424. The highest BCUT2D eigenvalue weighted by Crippen LogP contribution is 2.39. The molecule has 0 bridgehead atoms. The monoisotopic (exact) mass is 359 g/mol. The van der Waals surface area contributed by atoms with Gasteiger partial charge in [-0.3, -0.25) is 15.4 Å². The summed E-state index contributed by atoms with van der Waals surface area (Å²) in [6, 6.07) is 0.0317. The van der Waals surface area contributed by atoms with Crippen LogP contribution in [0.15, 0.2) is 10.7 Å². The van der Waals surface area contributed by atoms with Crippen molar-refractivity contribution in [1.82, 2.24) is 20.1 Å². The molecule has 0 fully saturated rings. The number of hydrogen-bond acceptors (Lipinski definition) is 4. The summed E-state index contributed by atoms with van der Waals surface area (Å²) in [5, 5.41) is 4.45. The smallest absolute Gasteiger partial charge is 0.0823 e. The van der Waals surface area contributed by atoms with Gasteiger partial charge in [0, 0.05) is 12.1 Å². The quantitative estimate of drug-likeness (QED) is 0.525. The molecule has 0 aliphatic carbocycles. The lowest BCUT2D eigenvalue weighted by atomic mass is 9.81. The topological polar surface area (TPSA) is 59.1 Å². The van der Waals surface area contributed by atoms with Crippen molar-refractivity contribution in [3.63, 3.8) is 0 Å². The zero-order valence-corrected chi connectivity index (χ0v) is 15.6. The maximum Gasteiger partial charge on any atom is 0.0823 e. The predicted molar refractivity (Wildman–Crippen MR) is 91.9 cm³/mol. The summed E-state index contributed by atoms with van der Waals surface area (Å²) in [7, 11) is 0.